The molecule has 3 rings (SSSR count). The van der Waals surface area contributed by atoms with Crippen molar-refractivity contribution in [2.75, 3.05) is 13.1 Å². The number of sulfonamides is 1. The quantitative estimate of drug-likeness (QED) is 0.787. The third-order valence-electron chi connectivity index (χ3n) is 4.22. The van der Waals surface area contributed by atoms with Crippen molar-refractivity contribution in [1.29, 1.82) is 0 Å². The van der Waals surface area contributed by atoms with Crippen LogP contribution in [0.25, 0.3) is 0 Å². The van der Waals surface area contributed by atoms with Crippen LogP contribution in [0.4, 0.5) is 4.39 Å². The lowest BCUT2D eigenvalue weighted by Gasteiger charge is -2.32. The molecule has 0 aliphatic carbocycles. The lowest BCUT2D eigenvalue weighted by molar-refractivity contribution is 0.00814. The van der Waals surface area contributed by atoms with Crippen molar-refractivity contribution < 1.29 is 17.5 Å². The van der Waals surface area contributed by atoms with Gasteiger partial charge in [-0.1, -0.05) is 29.8 Å². The average Bonchev–Trinajstić information content (AvgIpc) is 2.62. The summed E-state index contributed by atoms with van der Waals surface area (Å²) in [5.41, 5.74) is 0.877. The first-order valence-corrected chi connectivity index (χ1v) is 9.89. The van der Waals surface area contributed by atoms with Crippen LogP contribution in [-0.2, 0) is 21.4 Å². The van der Waals surface area contributed by atoms with E-state index in [4.69, 9.17) is 16.3 Å². The monoisotopic (exact) mass is 383 g/mol. The Morgan fingerprint density at radius 2 is 1.88 bits per heavy atom. The highest BCUT2D eigenvalue weighted by Gasteiger charge is 2.30. The molecular weight excluding hydrogens is 365 g/mol. The van der Waals surface area contributed by atoms with Gasteiger partial charge in [-0.15, -0.1) is 0 Å². The molecule has 1 aliphatic rings. The number of hydrogen-bond acceptors (Lipinski definition) is 3. The summed E-state index contributed by atoms with van der Waals surface area (Å²) in [6, 6.07) is 12.3. The topological polar surface area (TPSA) is 46.6 Å². The first-order chi connectivity index (χ1) is 12.0. The number of hydrogen-bond donors (Lipinski definition) is 0. The average molecular weight is 384 g/mol. The van der Waals surface area contributed by atoms with Crippen LogP contribution in [0.2, 0.25) is 5.02 Å². The molecule has 1 heterocycles. The molecule has 1 aliphatic heterocycles. The summed E-state index contributed by atoms with van der Waals surface area (Å²) >= 11 is 6.12. The molecule has 25 heavy (non-hydrogen) atoms. The zero-order chi connectivity index (χ0) is 17.9. The molecule has 134 valence electrons. The summed E-state index contributed by atoms with van der Waals surface area (Å²) in [6.07, 6.45) is 1.31. The molecule has 7 heteroatoms. The number of benzene rings is 2. The van der Waals surface area contributed by atoms with Crippen molar-refractivity contribution in [3.05, 3.63) is 64.9 Å². The Morgan fingerprint density at radius 1 is 1.16 bits per heavy atom. The maximum absolute atomic E-state index is 13.0. The third-order valence-corrected chi connectivity index (χ3v) is 6.47. The van der Waals surface area contributed by atoms with Gasteiger partial charge < -0.3 is 4.74 Å². The van der Waals surface area contributed by atoms with Crippen LogP contribution in [0, 0.1) is 5.82 Å². The molecule has 0 bridgehead atoms. The maximum Gasteiger partial charge on any atom is 0.243 e. The van der Waals surface area contributed by atoms with Crippen molar-refractivity contribution in [3.63, 3.8) is 0 Å². The van der Waals surface area contributed by atoms with Crippen molar-refractivity contribution in [3.8, 4) is 0 Å². The Balaban J connectivity index is 1.66. The molecule has 0 amide bonds. The predicted molar refractivity (Wildman–Crippen MR) is 94.4 cm³/mol. The Morgan fingerprint density at radius 3 is 2.60 bits per heavy atom. The molecule has 4 nitrogen and oxygen atoms in total. The Labute approximate surface area is 152 Å². The van der Waals surface area contributed by atoms with Crippen LogP contribution < -0.4 is 0 Å². The van der Waals surface area contributed by atoms with Crippen molar-refractivity contribution in [1.82, 2.24) is 4.31 Å². The van der Waals surface area contributed by atoms with Gasteiger partial charge in [-0.05, 0) is 48.7 Å². The molecule has 1 unspecified atom stereocenters. The highest BCUT2D eigenvalue weighted by molar-refractivity contribution is 7.89. The number of nitrogens with zero attached hydrogens (tertiary/aromatic N) is 1. The number of halogens is 2. The number of piperidine rings is 1. The first kappa shape index (κ1) is 18.3. The Bertz CT molecular complexity index is 826. The maximum atomic E-state index is 13.0. The summed E-state index contributed by atoms with van der Waals surface area (Å²) in [7, 11) is -3.64. The molecule has 2 aromatic rings. The van der Waals surface area contributed by atoms with E-state index in [2.05, 4.69) is 0 Å². The molecule has 1 fully saturated rings. The van der Waals surface area contributed by atoms with Gasteiger partial charge in [-0.25, -0.2) is 12.8 Å². The van der Waals surface area contributed by atoms with Crippen LogP contribution in [0.15, 0.2) is 53.4 Å². The zero-order valence-corrected chi connectivity index (χ0v) is 15.1. The van der Waals surface area contributed by atoms with Gasteiger partial charge in [0.25, 0.3) is 0 Å². The van der Waals surface area contributed by atoms with Gasteiger partial charge >= 0.3 is 0 Å². The van der Waals surface area contributed by atoms with E-state index in [0.717, 1.165) is 24.1 Å². The molecule has 0 spiro atoms. The standard InChI is InChI=1S/C18H19ClFNO3S/c19-18-6-2-1-4-14(18)13-24-16-5-3-11-21(12-16)25(22,23)17-9-7-15(20)8-10-17/h1-2,4,6-10,16H,3,5,11-13H2. The van der Waals surface area contributed by atoms with Gasteiger partial charge in [-0.3, -0.25) is 0 Å². The van der Waals surface area contributed by atoms with Gasteiger partial charge in [0.05, 0.1) is 17.6 Å². The Kier molecular flexibility index (Phi) is 5.74. The minimum Gasteiger partial charge on any atom is -0.372 e. The van der Waals surface area contributed by atoms with Crippen LogP contribution in [0.3, 0.4) is 0 Å². The van der Waals surface area contributed by atoms with Crippen LogP contribution in [0.1, 0.15) is 18.4 Å². The molecule has 0 radical (unpaired) electrons. The molecule has 0 aromatic heterocycles. The fourth-order valence-electron chi connectivity index (χ4n) is 2.84. The molecule has 0 saturated carbocycles. The lowest BCUT2D eigenvalue weighted by Crippen LogP contribution is -2.43. The fourth-order valence-corrected chi connectivity index (χ4v) is 4.54. The Hall–Kier alpha value is -1.47. The van der Waals surface area contributed by atoms with Crippen LogP contribution in [0.5, 0.6) is 0 Å². The molecule has 1 atom stereocenters. The minimum atomic E-state index is -3.64. The molecule has 0 N–H and O–H groups in total. The summed E-state index contributed by atoms with van der Waals surface area (Å²) in [5, 5.41) is 0.633. The summed E-state index contributed by atoms with van der Waals surface area (Å²) in [4.78, 5) is 0.0978. The van der Waals surface area contributed by atoms with E-state index in [-0.39, 0.29) is 17.5 Å². The normalized spacial score (nSPS) is 19.0. The van der Waals surface area contributed by atoms with Gasteiger partial charge in [0, 0.05) is 18.1 Å². The highest BCUT2D eigenvalue weighted by atomic mass is 35.5. The van der Waals surface area contributed by atoms with E-state index in [1.54, 1.807) is 6.07 Å². The third kappa shape index (κ3) is 4.39. The second-order valence-corrected chi connectivity index (χ2v) is 8.33. The van der Waals surface area contributed by atoms with Gasteiger partial charge in [0.2, 0.25) is 10.0 Å². The first-order valence-electron chi connectivity index (χ1n) is 8.07. The van der Waals surface area contributed by atoms with Gasteiger partial charge in [0.15, 0.2) is 0 Å². The predicted octanol–water partition coefficient (Wildman–Crippen LogP) is 3.85. The smallest absolute Gasteiger partial charge is 0.243 e. The van der Waals surface area contributed by atoms with Crippen LogP contribution in [-0.4, -0.2) is 31.9 Å². The summed E-state index contributed by atoms with van der Waals surface area (Å²) in [6.45, 7) is 1.06. The minimum absolute atomic E-state index is 0.0978. The second-order valence-electron chi connectivity index (χ2n) is 5.98. The second kappa shape index (κ2) is 7.83. The van der Waals surface area contributed by atoms with E-state index in [1.165, 1.54) is 16.4 Å². The SMILES string of the molecule is O=S(=O)(c1ccc(F)cc1)N1CCCC(OCc2ccccc2Cl)C1. The van der Waals surface area contributed by atoms with Crippen LogP contribution >= 0.6 is 11.6 Å². The van der Waals surface area contributed by atoms with Gasteiger partial charge in [-0.2, -0.15) is 4.31 Å². The van der Waals surface area contributed by atoms with Crippen molar-refractivity contribution in [2.24, 2.45) is 0 Å². The number of ether oxygens (including phenoxy) is 1. The molecular formula is C18H19ClFNO3S. The van der Waals surface area contributed by atoms with E-state index in [1.807, 2.05) is 18.2 Å². The number of rotatable bonds is 5. The lowest BCUT2D eigenvalue weighted by atomic mass is 10.1. The fraction of sp³-hybridized carbons (Fsp3) is 0.333. The van der Waals surface area contributed by atoms with E-state index in [9.17, 15) is 12.8 Å². The van der Waals surface area contributed by atoms with E-state index < -0.39 is 15.8 Å². The van der Waals surface area contributed by atoms with E-state index >= 15 is 0 Å². The summed E-state index contributed by atoms with van der Waals surface area (Å²) in [5.74, 6) is -0.460. The van der Waals surface area contributed by atoms with Gasteiger partial charge in [0.1, 0.15) is 5.82 Å². The zero-order valence-electron chi connectivity index (χ0n) is 13.6. The van der Waals surface area contributed by atoms with Crippen molar-refractivity contribution >= 4 is 21.6 Å². The molecule has 2 aromatic carbocycles. The highest BCUT2D eigenvalue weighted by Crippen LogP contribution is 2.24. The van der Waals surface area contributed by atoms with Crippen molar-refractivity contribution in [2.45, 2.75) is 30.4 Å². The summed E-state index contributed by atoms with van der Waals surface area (Å²) < 4.78 is 45.7. The largest absolute Gasteiger partial charge is 0.372 e. The van der Waals surface area contributed by atoms with E-state index in [0.29, 0.717) is 24.6 Å². The molecule has 1 saturated heterocycles.